The number of rotatable bonds is 0. The molecule has 11 heavy (non-hydrogen) atoms. The Bertz CT molecular complexity index is 366. The van der Waals surface area contributed by atoms with Crippen LogP contribution in [0.2, 0.25) is 0 Å². The fourth-order valence-electron chi connectivity index (χ4n) is 1.26. The molecular formula is C6H8N2O2S. The van der Waals surface area contributed by atoms with Crippen LogP contribution < -0.4 is 0 Å². The minimum absolute atomic E-state index is 0.226. The normalized spacial score (nSPS) is 21.1. The fraction of sp³-hybridized carbons (Fsp3) is 0.500. The van der Waals surface area contributed by atoms with Crippen molar-refractivity contribution in [1.82, 2.24) is 9.55 Å². The lowest BCUT2D eigenvalue weighted by molar-refractivity contribution is 0.528. The minimum atomic E-state index is -3.05. The number of aryl methyl sites for hydroxylation is 1. The molecule has 0 N–H and O–H groups in total. The Labute approximate surface area is 64.8 Å². The van der Waals surface area contributed by atoms with E-state index in [1.54, 1.807) is 10.8 Å². The van der Waals surface area contributed by atoms with Gasteiger partial charge in [-0.05, 0) is 6.42 Å². The zero-order valence-corrected chi connectivity index (χ0v) is 6.71. The number of hydrogen-bond donors (Lipinski definition) is 0. The van der Waals surface area contributed by atoms with Crippen LogP contribution in [-0.2, 0) is 16.4 Å². The Morgan fingerprint density at radius 3 is 3.09 bits per heavy atom. The Morgan fingerprint density at radius 2 is 2.36 bits per heavy atom. The third-order valence-corrected chi connectivity index (χ3v) is 3.49. The molecule has 1 aromatic heterocycles. The van der Waals surface area contributed by atoms with E-state index in [1.165, 1.54) is 6.20 Å². The van der Waals surface area contributed by atoms with Gasteiger partial charge in [-0.1, -0.05) is 0 Å². The summed E-state index contributed by atoms with van der Waals surface area (Å²) in [5.41, 5.74) is 0. The van der Waals surface area contributed by atoms with Gasteiger partial charge in [-0.25, -0.2) is 13.4 Å². The molecule has 0 bridgehead atoms. The van der Waals surface area contributed by atoms with Gasteiger partial charge in [-0.3, -0.25) is 0 Å². The van der Waals surface area contributed by atoms with Crippen molar-refractivity contribution >= 4 is 9.84 Å². The second kappa shape index (κ2) is 2.07. The standard InChI is InChI=1S/C6H8N2O2S/c9-11(10)5-1-3-8-4-2-7-6(8)11/h2,4H,1,3,5H2. The van der Waals surface area contributed by atoms with Crippen LogP contribution in [0, 0.1) is 0 Å². The Kier molecular flexibility index (Phi) is 1.29. The van der Waals surface area contributed by atoms with Crippen LogP contribution >= 0.6 is 0 Å². The molecule has 0 unspecified atom stereocenters. The van der Waals surface area contributed by atoms with Crippen LogP contribution in [0.4, 0.5) is 0 Å². The smallest absolute Gasteiger partial charge is 0.227 e. The van der Waals surface area contributed by atoms with E-state index >= 15 is 0 Å². The first kappa shape index (κ1) is 6.84. The van der Waals surface area contributed by atoms with Crippen LogP contribution in [0.15, 0.2) is 17.6 Å². The highest BCUT2D eigenvalue weighted by atomic mass is 32.2. The maximum absolute atomic E-state index is 11.3. The van der Waals surface area contributed by atoms with Gasteiger partial charge in [0.15, 0.2) is 0 Å². The molecule has 1 aliphatic heterocycles. The van der Waals surface area contributed by atoms with E-state index in [0.717, 1.165) is 6.54 Å². The third-order valence-electron chi connectivity index (χ3n) is 1.77. The summed E-state index contributed by atoms with van der Waals surface area (Å²) in [6.07, 6.45) is 3.93. The molecule has 0 aliphatic carbocycles. The van der Waals surface area contributed by atoms with Crippen LogP contribution in [0.5, 0.6) is 0 Å². The number of imidazole rings is 1. The van der Waals surface area contributed by atoms with Gasteiger partial charge in [0.05, 0.1) is 5.75 Å². The summed E-state index contributed by atoms with van der Waals surface area (Å²) in [4.78, 5) is 3.78. The van der Waals surface area contributed by atoms with Crippen molar-refractivity contribution < 1.29 is 8.42 Å². The molecule has 2 rings (SSSR count). The van der Waals surface area contributed by atoms with Crippen molar-refractivity contribution in [3.05, 3.63) is 12.4 Å². The molecule has 60 valence electrons. The van der Waals surface area contributed by atoms with Crippen LogP contribution in [0.25, 0.3) is 0 Å². The van der Waals surface area contributed by atoms with Gasteiger partial charge in [0.25, 0.3) is 0 Å². The number of hydrogen-bond acceptors (Lipinski definition) is 3. The molecule has 0 atom stereocenters. The third kappa shape index (κ3) is 0.956. The topological polar surface area (TPSA) is 52.0 Å². The average molecular weight is 172 g/mol. The van der Waals surface area contributed by atoms with Crippen LogP contribution in [0.1, 0.15) is 6.42 Å². The number of nitrogens with zero attached hydrogens (tertiary/aromatic N) is 2. The zero-order chi connectivity index (χ0) is 7.90. The summed E-state index contributed by atoms with van der Waals surface area (Å²) < 4.78 is 24.2. The van der Waals surface area contributed by atoms with Gasteiger partial charge in [-0.2, -0.15) is 0 Å². The first-order valence-corrected chi connectivity index (χ1v) is 5.09. The molecule has 0 saturated heterocycles. The quantitative estimate of drug-likeness (QED) is 0.556. The fourth-order valence-corrected chi connectivity index (χ4v) is 2.68. The van der Waals surface area contributed by atoms with Crippen molar-refractivity contribution in [2.75, 3.05) is 5.75 Å². The van der Waals surface area contributed by atoms with Crippen LogP contribution in [0.3, 0.4) is 0 Å². The predicted molar refractivity (Wildman–Crippen MR) is 38.9 cm³/mol. The van der Waals surface area contributed by atoms with E-state index in [4.69, 9.17) is 0 Å². The first-order valence-electron chi connectivity index (χ1n) is 3.44. The Balaban J connectivity index is 2.66. The number of sulfone groups is 1. The van der Waals surface area contributed by atoms with Crippen molar-refractivity contribution in [1.29, 1.82) is 0 Å². The van der Waals surface area contributed by atoms with Gasteiger partial charge in [0.2, 0.25) is 15.0 Å². The molecule has 0 radical (unpaired) electrons. The van der Waals surface area contributed by atoms with Crippen molar-refractivity contribution in [3.8, 4) is 0 Å². The Morgan fingerprint density at radius 1 is 1.55 bits per heavy atom. The number of fused-ring (bicyclic) bond motifs is 1. The maximum Gasteiger partial charge on any atom is 0.227 e. The lowest BCUT2D eigenvalue weighted by Crippen LogP contribution is -2.20. The lowest BCUT2D eigenvalue weighted by Gasteiger charge is -2.12. The van der Waals surface area contributed by atoms with Crippen molar-refractivity contribution in [3.63, 3.8) is 0 Å². The van der Waals surface area contributed by atoms with Gasteiger partial charge >= 0.3 is 0 Å². The summed E-state index contributed by atoms with van der Waals surface area (Å²) >= 11 is 0. The summed E-state index contributed by atoms with van der Waals surface area (Å²) in [6, 6.07) is 0. The molecule has 1 aliphatic rings. The van der Waals surface area contributed by atoms with Gasteiger partial charge < -0.3 is 4.57 Å². The van der Waals surface area contributed by atoms with E-state index in [-0.39, 0.29) is 10.9 Å². The van der Waals surface area contributed by atoms with E-state index in [9.17, 15) is 8.42 Å². The molecule has 0 fully saturated rings. The molecule has 4 nitrogen and oxygen atoms in total. The highest BCUT2D eigenvalue weighted by Crippen LogP contribution is 2.15. The SMILES string of the molecule is O=S1(=O)CCCn2ccnc21. The molecule has 0 saturated carbocycles. The number of aromatic nitrogens is 2. The largest absolute Gasteiger partial charge is 0.322 e. The van der Waals surface area contributed by atoms with E-state index in [0.29, 0.717) is 6.42 Å². The molecular weight excluding hydrogens is 164 g/mol. The second-order valence-electron chi connectivity index (χ2n) is 2.58. The van der Waals surface area contributed by atoms with Gasteiger partial charge in [-0.15, -0.1) is 0 Å². The second-order valence-corrected chi connectivity index (χ2v) is 4.58. The average Bonchev–Trinajstić information content (AvgIpc) is 2.34. The summed E-state index contributed by atoms with van der Waals surface area (Å²) in [5, 5.41) is 0.226. The van der Waals surface area contributed by atoms with E-state index in [2.05, 4.69) is 4.98 Å². The summed E-state index contributed by atoms with van der Waals surface area (Å²) in [7, 11) is -3.05. The Hall–Kier alpha value is -0.840. The summed E-state index contributed by atoms with van der Waals surface area (Å²) in [6.45, 7) is 0.772. The summed E-state index contributed by atoms with van der Waals surface area (Å²) in [5.74, 6) is 0.240. The lowest BCUT2D eigenvalue weighted by atomic mass is 10.5. The minimum Gasteiger partial charge on any atom is -0.322 e. The maximum atomic E-state index is 11.3. The monoisotopic (exact) mass is 172 g/mol. The van der Waals surface area contributed by atoms with E-state index in [1.807, 2.05) is 0 Å². The molecule has 5 heteroatoms. The van der Waals surface area contributed by atoms with Crippen molar-refractivity contribution in [2.45, 2.75) is 18.1 Å². The molecule has 1 aromatic rings. The van der Waals surface area contributed by atoms with Gasteiger partial charge in [0, 0.05) is 18.9 Å². The van der Waals surface area contributed by atoms with Crippen molar-refractivity contribution in [2.24, 2.45) is 0 Å². The molecule has 0 spiro atoms. The molecule has 0 aromatic carbocycles. The van der Waals surface area contributed by atoms with Gasteiger partial charge in [0.1, 0.15) is 0 Å². The van der Waals surface area contributed by atoms with Crippen LogP contribution in [-0.4, -0.2) is 23.7 Å². The molecule has 0 amide bonds. The highest BCUT2D eigenvalue weighted by molar-refractivity contribution is 7.91. The molecule has 2 heterocycles. The zero-order valence-electron chi connectivity index (χ0n) is 5.90. The predicted octanol–water partition coefficient (Wildman–Crippen LogP) is 0.0605. The van der Waals surface area contributed by atoms with E-state index < -0.39 is 9.84 Å². The first-order chi connectivity index (χ1) is 5.20. The highest BCUT2D eigenvalue weighted by Gasteiger charge is 2.24.